The average Bonchev–Trinajstić information content (AvgIpc) is 2.75. The lowest BCUT2D eigenvalue weighted by Crippen LogP contribution is -1.96. The maximum Gasteiger partial charge on any atom is 0.230 e. The monoisotopic (exact) mass is 185 g/mol. The molecule has 0 bridgehead atoms. The van der Waals surface area contributed by atoms with Gasteiger partial charge in [0.15, 0.2) is 0 Å². The molecule has 1 aromatic rings. The molecule has 1 aromatic heterocycles. The smallest absolute Gasteiger partial charge is 0.230 e. The minimum absolute atomic E-state index is 0.340. The van der Waals surface area contributed by atoms with E-state index < -0.39 is 0 Å². The van der Waals surface area contributed by atoms with Gasteiger partial charge in [-0.2, -0.15) is 11.8 Å². The highest BCUT2D eigenvalue weighted by molar-refractivity contribution is 7.99. The summed E-state index contributed by atoms with van der Waals surface area (Å²) in [6.07, 6.45) is 1.15. The predicted octanol–water partition coefficient (Wildman–Crippen LogP) is 0.749. The van der Waals surface area contributed by atoms with E-state index in [9.17, 15) is 0 Å². The molecule has 2 heterocycles. The zero-order valence-electron chi connectivity index (χ0n) is 6.69. The SMILES string of the molecule is NCc1nnc(C2CCSC2)o1. The third-order valence-corrected chi connectivity index (χ3v) is 3.10. The van der Waals surface area contributed by atoms with Crippen LogP contribution in [-0.2, 0) is 6.54 Å². The molecule has 1 aliphatic rings. The third-order valence-electron chi connectivity index (χ3n) is 1.94. The van der Waals surface area contributed by atoms with Crippen LogP contribution in [0.15, 0.2) is 4.42 Å². The summed E-state index contributed by atoms with van der Waals surface area (Å²) in [4.78, 5) is 0. The molecule has 0 radical (unpaired) electrons. The molecule has 0 aliphatic carbocycles. The molecule has 1 saturated heterocycles. The molecule has 0 saturated carbocycles. The van der Waals surface area contributed by atoms with Gasteiger partial charge in [-0.3, -0.25) is 0 Å². The van der Waals surface area contributed by atoms with Gasteiger partial charge in [0.05, 0.1) is 6.54 Å². The molecule has 1 fully saturated rings. The second kappa shape index (κ2) is 3.45. The van der Waals surface area contributed by atoms with Crippen LogP contribution in [0.5, 0.6) is 0 Å². The Balaban J connectivity index is 2.11. The molecule has 1 aliphatic heterocycles. The molecule has 1 unspecified atom stereocenters. The van der Waals surface area contributed by atoms with E-state index >= 15 is 0 Å². The fourth-order valence-electron chi connectivity index (χ4n) is 1.24. The van der Waals surface area contributed by atoms with Gasteiger partial charge in [-0.1, -0.05) is 0 Å². The van der Waals surface area contributed by atoms with E-state index in [1.807, 2.05) is 11.8 Å². The molecule has 2 N–H and O–H groups in total. The van der Waals surface area contributed by atoms with Crippen molar-refractivity contribution in [1.29, 1.82) is 0 Å². The summed E-state index contributed by atoms with van der Waals surface area (Å²) in [6, 6.07) is 0. The first-order chi connectivity index (χ1) is 5.90. The van der Waals surface area contributed by atoms with Gasteiger partial charge < -0.3 is 10.2 Å². The Kier molecular flexibility index (Phi) is 2.32. The van der Waals surface area contributed by atoms with Gasteiger partial charge in [0, 0.05) is 11.7 Å². The Morgan fingerprint density at radius 3 is 3.08 bits per heavy atom. The van der Waals surface area contributed by atoms with Gasteiger partial charge in [-0.25, -0.2) is 0 Å². The molecule has 0 aromatic carbocycles. The van der Waals surface area contributed by atoms with Gasteiger partial charge in [-0.05, 0) is 12.2 Å². The Morgan fingerprint density at radius 2 is 2.50 bits per heavy atom. The molecule has 0 spiro atoms. The number of thioether (sulfide) groups is 1. The molecule has 2 rings (SSSR count). The van der Waals surface area contributed by atoms with Gasteiger partial charge in [-0.15, -0.1) is 10.2 Å². The lowest BCUT2D eigenvalue weighted by atomic mass is 10.1. The van der Waals surface area contributed by atoms with E-state index in [-0.39, 0.29) is 0 Å². The van der Waals surface area contributed by atoms with E-state index in [2.05, 4.69) is 10.2 Å². The minimum atomic E-state index is 0.340. The summed E-state index contributed by atoms with van der Waals surface area (Å²) in [7, 11) is 0. The third kappa shape index (κ3) is 1.47. The molecule has 0 amide bonds. The lowest BCUT2D eigenvalue weighted by Gasteiger charge is -1.98. The van der Waals surface area contributed by atoms with Crippen LogP contribution in [0.3, 0.4) is 0 Å². The summed E-state index contributed by atoms with van der Waals surface area (Å²) < 4.78 is 5.36. The maximum absolute atomic E-state index is 5.36. The van der Waals surface area contributed by atoms with Crippen molar-refractivity contribution in [1.82, 2.24) is 10.2 Å². The number of nitrogens with two attached hydrogens (primary N) is 1. The van der Waals surface area contributed by atoms with Crippen molar-refractivity contribution in [2.75, 3.05) is 11.5 Å². The van der Waals surface area contributed by atoms with E-state index in [0.717, 1.165) is 18.1 Å². The van der Waals surface area contributed by atoms with Crippen LogP contribution in [-0.4, -0.2) is 21.7 Å². The van der Waals surface area contributed by atoms with Crippen molar-refractivity contribution >= 4 is 11.8 Å². The van der Waals surface area contributed by atoms with Crippen LogP contribution in [0.25, 0.3) is 0 Å². The fraction of sp³-hybridized carbons (Fsp3) is 0.714. The van der Waals surface area contributed by atoms with Crippen LogP contribution < -0.4 is 5.73 Å². The van der Waals surface area contributed by atoms with Crippen molar-refractivity contribution in [2.24, 2.45) is 5.73 Å². The Hall–Kier alpha value is -0.550. The number of nitrogens with zero attached hydrogens (tertiary/aromatic N) is 2. The van der Waals surface area contributed by atoms with Crippen LogP contribution in [0.4, 0.5) is 0 Å². The lowest BCUT2D eigenvalue weighted by molar-refractivity contribution is 0.427. The zero-order chi connectivity index (χ0) is 8.39. The van der Waals surface area contributed by atoms with Crippen LogP contribution in [0.1, 0.15) is 24.1 Å². The van der Waals surface area contributed by atoms with E-state index in [1.54, 1.807) is 0 Å². The van der Waals surface area contributed by atoms with Crippen LogP contribution in [0.2, 0.25) is 0 Å². The number of aromatic nitrogens is 2. The van der Waals surface area contributed by atoms with Crippen LogP contribution >= 0.6 is 11.8 Å². The van der Waals surface area contributed by atoms with Crippen molar-refractivity contribution in [3.8, 4) is 0 Å². The summed E-state index contributed by atoms with van der Waals surface area (Å²) in [5, 5.41) is 7.79. The summed E-state index contributed by atoms with van der Waals surface area (Å²) in [5.74, 6) is 4.07. The number of hydrogen-bond acceptors (Lipinski definition) is 5. The van der Waals surface area contributed by atoms with E-state index in [1.165, 1.54) is 5.75 Å². The van der Waals surface area contributed by atoms with Gasteiger partial charge >= 0.3 is 0 Å². The largest absolute Gasteiger partial charge is 0.424 e. The highest BCUT2D eigenvalue weighted by Crippen LogP contribution is 2.31. The molecule has 1 atom stereocenters. The Morgan fingerprint density at radius 1 is 1.58 bits per heavy atom. The molecule has 66 valence electrons. The first-order valence-corrected chi connectivity index (χ1v) is 5.15. The summed E-state index contributed by atoms with van der Waals surface area (Å²) in [6.45, 7) is 0.340. The highest BCUT2D eigenvalue weighted by atomic mass is 32.2. The van der Waals surface area contributed by atoms with Crippen molar-refractivity contribution in [3.05, 3.63) is 11.8 Å². The standard InChI is InChI=1S/C7H11N3OS/c8-3-6-9-10-7(11-6)5-1-2-12-4-5/h5H,1-4,8H2. The van der Waals surface area contributed by atoms with Crippen LogP contribution in [0, 0.1) is 0 Å². The normalized spacial score (nSPS) is 23.2. The summed E-state index contributed by atoms with van der Waals surface area (Å²) in [5.41, 5.74) is 5.36. The average molecular weight is 185 g/mol. The van der Waals surface area contributed by atoms with Gasteiger partial charge in [0.2, 0.25) is 11.8 Å². The van der Waals surface area contributed by atoms with E-state index in [0.29, 0.717) is 18.4 Å². The predicted molar refractivity (Wildman–Crippen MR) is 46.9 cm³/mol. The minimum Gasteiger partial charge on any atom is -0.424 e. The van der Waals surface area contributed by atoms with Crippen molar-refractivity contribution < 1.29 is 4.42 Å². The number of rotatable bonds is 2. The van der Waals surface area contributed by atoms with E-state index in [4.69, 9.17) is 10.2 Å². The van der Waals surface area contributed by atoms with Crippen molar-refractivity contribution in [2.45, 2.75) is 18.9 Å². The second-order valence-corrected chi connectivity index (χ2v) is 3.95. The second-order valence-electron chi connectivity index (χ2n) is 2.80. The van der Waals surface area contributed by atoms with Gasteiger partial charge in [0.1, 0.15) is 0 Å². The molecular weight excluding hydrogens is 174 g/mol. The summed E-state index contributed by atoms with van der Waals surface area (Å²) >= 11 is 1.93. The number of hydrogen-bond donors (Lipinski definition) is 1. The fourth-order valence-corrected chi connectivity index (χ4v) is 2.45. The molecule has 5 heteroatoms. The van der Waals surface area contributed by atoms with Crippen molar-refractivity contribution in [3.63, 3.8) is 0 Å². The first-order valence-electron chi connectivity index (χ1n) is 4.00. The first kappa shape index (κ1) is 8.07. The maximum atomic E-state index is 5.36. The zero-order valence-corrected chi connectivity index (χ0v) is 7.51. The Bertz CT molecular complexity index is 257. The molecule has 12 heavy (non-hydrogen) atoms. The topological polar surface area (TPSA) is 64.9 Å². The Labute approximate surface area is 74.9 Å². The highest BCUT2D eigenvalue weighted by Gasteiger charge is 2.22. The molecule has 4 nitrogen and oxygen atoms in total. The molecular formula is C7H11N3OS. The quantitative estimate of drug-likeness (QED) is 0.736. The van der Waals surface area contributed by atoms with Gasteiger partial charge in [0.25, 0.3) is 0 Å².